The highest BCUT2D eigenvalue weighted by Crippen LogP contribution is 2.40. The van der Waals surface area contributed by atoms with E-state index in [4.69, 9.17) is 22.7 Å². The fraction of sp³-hybridized carbons (Fsp3) is 0.200. The van der Waals surface area contributed by atoms with Crippen molar-refractivity contribution in [2.24, 2.45) is 5.73 Å². The Labute approximate surface area is 206 Å². The van der Waals surface area contributed by atoms with Crippen LogP contribution in [0, 0.1) is 0 Å². The number of benzene rings is 2. The summed E-state index contributed by atoms with van der Waals surface area (Å²) < 4.78 is 4.92. The van der Waals surface area contributed by atoms with Crippen LogP contribution < -0.4 is 16.0 Å². The molecule has 1 unspecified atom stereocenters. The molecule has 3 N–H and O–H groups in total. The van der Waals surface area contributed by atoms with Crippen molar-refractivity contribution in [1.29, 1.82) is 0 Å². The van der Waals surface area contributed by atoms with Gasteiger partial charge in [0.1, 0.15) is 11.5 Å². The van der Waals surface area contributed by atoms with Gasteiger partial charge in [0, 0.05) is 33.0 Å². The van der Waals surface area contributed by atoms with Gasteiger partial charge in [-0.1, -0.05) is 48.6 Å². The van der Waals surface area contributed by atoms with Gasteiger partial charge in [0.2, 0.25) is 5.91 Å². The molecule has 1 aliphatic heterocycles. The average molecular weight is 494 g/mol. The number of amides is 2. The Kier molecular flexibility index (Phi) is 7.04. The van der Waals surface area contributed by atoms with Crippen molar-refractivity contribution < 1.29 is 19.1 Å². The molecule has 1 aliphatic rings. The summed E-state index contributed by atoms with van der Waals surface area (Å²) in [5.74, 6) is -1.35. The molecule has 1 atom stereocenters. The number of nitrogens with zero attached hydrogens (tertiary/aromatic N) is 1. The molecule has 9 heteroatoms. The lowest BCUT2D eigenvalue weighted by Gasteiger charge is -2.23. The van der Waals surface area contributed by atoms with Gasteiger partial charge in [0.15, 0.2) is 0 Å². The third-order valence-electron chi connectivity index (χ3n) is 5.71. The first kappa shape index (κ1) is 23.6. The summed E-state index contributed by atoms with van der Waals surface area (Å²) in [7, 11) is 1.34. The van der Waals surface area contributed by atoms with Gasteiger partial charge in [-0.05, 0) is 29.3 Å². The fourth-order valence-electron chi connectivity index (χ4n) is 4.06. The van der Waals surface area contributed by atoms with Gasteiger partial charge >= 0.3 is 5.97 Å². The topological polar surface area (TPSA) is 102 Å². The number of methoxy groups -OCH3 is 1. The van der Waals surface area contributed by atoms with Crippen molar-refractivity contribution in [1.82, 2.24) is 5.32 Å². The largest absolute Gasteiger partial charge is 0.469 e. The molecule has 0 spiro atoms. The van der Waals surface area contributed by atoms with Crippen LogP contribution in [0.4, 0.5) is 5.69 Å². The van der Waals surface area contributed by atoms with Crippen molar-refractivity contribution in [2.75, 3.05) is 18.6 Å². The number of hydrogen-bond donors (Lipinski definition) is 2. The molecular formula is C25H23N3O4S2. The summed E-state index contributed by atoms with van der Waals surface area (Å²) in [6.45, 7) is 0.139. The Morgan fingerprint density at radius 1 is 1.15 bits per heavy atom. The zero-order valence-electron chi connectivity index (χ0n) is 18.4. The normalized spacial score (nSPS) is 14.6. The van der Waals surface area contributed by atoms with Crippen molar-refractivity contribution >= 4 is 52.0 Å². The van der Waals surface area contributed by atoms with E-state index in [0.717, 1.165) is 21.6 Å². The number of nitrogens with two attached hydrogens (primary N) is 1. The number of carbonyl (C=O) groups is 3. The monoisotopic (exact) mass is 493 g/mol. The molecule has 0 saturated carbocycles. The number of hydrogen-bond acceptors (Lipinski definition) is 6. The van der Waals surface area contributed by atoms with E-state index in [9.17, 15) is 14.4 Å². The van der Waals surface area contributed by atoms with E-state index >= 15 is 0 Å². The second-order valence-corrected chi connectivity index (χ2v) is 9.25. The number of nitrogens with one attached hydrogen (secondary N) is 1. The number of carbonyl (C=O) groups excluding carboxylic acids is 3. The summed E-state index contributed by atoms with van der Waals surface area (Å²) in [4.78, 5) is 41.4. The van der Waals surface area contributed by atoms with E-state index in [1.54, 1.807) is 18.2 Å². The number of esters is 1. The Morgan fingerprint density at radius 2 is 1.85 bits per heavy atom. The maximum Gasteiger partial charge on any atom is 0.306 e. The van der Waals surface area contributed by atoms with Gasteiger partial charge in [-0.2, -0.15) is 0 Å². The Morgan fingerprint density at radius 3 is 2.56 bits per heavy atom. The zero-order chi connectivity index (χ0) is 24.2. The van der Waals surface area contributed by atoms with Crippen LogP contribution in [0.5, 0.6) is 0 Å². The first-order valence-corrected chi connectivity index (χ1v) is 11.9. The van der Waals surface area contributed by atoms with Gasteiger partial charge < -0.3 is 15.8 Å². The number of para-hydroxylation sites is 1. The minimum Gasteiger partial charge on any atom is -0.469 e. The molecule has 2 aromatic carbocycles. The van der Waals surface area contributed by atoms with E-state index in [2.05, 4.69) is 5.32 Å². The zero-order valence-corrected chi connectivity index (χ0v) is 20.1. The molecule has 0 fully saturated rings. The van der Waals surface area contributed by atoms with Gasteiger partial charge in [-0.25, -0.2) is 0 Å². The Bertz CT molecular complexity index is 1270. The van der Waals surface area contributed by atoms with Crippen molar-refractivity contribution in [3.63, 3.8) is 0 Å². The van der Waals surface area contributed by atoms with Crippen molar-refractivity contribution in [2.45, 2.75) is 18.9 Å². The van der Waals surface area contributed by atoms with Gasteiger partial charge in [0.05, 0.1) is 20.1 Å². The summed E-state index contributed by atoms with van der Waals surface area (Å²) in [6, 6.07) is 16.4. The van der Waals surface area contributed by atoms with E-state index in [1.807, 2.05) is 41.8 Å². The van der Waals surface area contributed by atoms with Gasteiger partial charge in [-0.3, -0.25) is 19.3 Å². The highest BCUT2D eigenvalue weighted by Gasteiger charge is 2.34. The molecule has 0 bridgehead atoms. The molecular weight excluding hydrogens is 470 g/mol. The lowest BCUT2D eigenvalue weighted by molar-refractivity contribution is -0.140. The smallest absolute Gasteiger partial charge is 0.306 e. The standard InChI is InChI=1S/C25H23N3O4S2/c1-32-23(30)11-20-17-6-2-3-8-19(17)25(31)28(21-9-5-4-7-18(20)21)13-22(29)27-12-16-10-15(14-34-16)24(26)33/h2-10,14,20H,11-13H2,1H3,(H2,26,33)(H,27,29). The molecule has 34 heavy (non-hydrogen) atoms. The van der Waals surface area contributed by atoms with Crippen molar-refractivity contribution in [3.8, 4) is 0 Å². The quantitative estimate of drug-likeness (QED) is 0.387. The summed E-state index contributed by atoms with van der Waals surface area (Å²) >= 11 is 6.43. The fourth-order valence-corrected chi connectivity index (χ4v) is 5.08. The summed E-state index contributed by atoms with van der Waals surface area (Å²) in [6.07, 6.45) is 0.0849. The summed E-state index contributed by atoms with van der Waals surface area (Å²) in [5.41, 5.74) is 8.99. The molecule has 7 nitrogen and oxygen atoms in total. The maximum absolute atomic E-state index is 13.6. The molecule has 2 amide bonds. The van der Waals surface area contributed by atoms with Crippen LogP contribution in [-0.4, -0.2) is 36.4 Å². The third kappa shape index (κ3) is 4.85. The van der Waals surface area contributed by atoms with E-state index in [-0.39, 0.29) is 36.7 Å². The highest BCUT2D eigenvalue weighted by molar-refractivity contribution is 7.80. The minimum absolute atomic E-state index is 0.0849. The van der Waals surface area contributed by atoms with Crippen LogP contribution >= 0.6 is 23.6 Å². The predicted molar refractivity (Wildman–Crippen MR) is 135 cm³/mol. The van der Waals surface area contributed by atoms with Crippen LogP contribution in [-0.2, 0) is 20.9 Å². The van der Waals surface area contributed by atoms with E-state index in [1.165, 1.54) is 23.3 Å². The number of thiocarbonyl (C=S) groups is 1. The van der Waals surface area contributed by atoms with Crippen LogP contribution in [0.25, 0.3) is 0 Å². The van der Waals surface area contributed by atoms with Crippen LogP contribution in [0.3, 0.4) is 0 Å². The number of rotatable bonds is 7. The molecule has 0 aliphatic carbocycles. The minimum atomic E-state index is -0.375. The van der Waals surface area contributed by atoms with Gasteiger partial charge in [0.25, 0.3) is 5.91 Å². The summed E-state index contributed by atoms with van der Waals surface area (Å²) in [5, 5.41) is 4.71. The molecule has 1 aromatic heterocycles. The lowest BCUT2D eigenvalue weighted by Crippen LogP contribution is -2.40. The van der Waals surface area contributed by atoms with E-state index in [0.29, 0.717) is 22.8 Å². The van der Waals surface area contributed by atoms with Crippen LogP contribution in [0.15, 0.2) is 60.0 Å². The van der Waals surface area contributed by atoms with Gasteiger partial charge in [-0.15, -0.1) is 11.3 Å². The SMILES string of the molecule is COC(=O)CC1c2ccccc2C(=O)N(CC(=O)NCc2cc(C(N)=S)cs2)c2ccccc21. The van der Waals surface area contributed by atoms with Crippen molar-refractivity contribution in [3.05, 3.63) is 87.1 Å². The molecule has 3 aromatic rings. The molecule has 2 heterocycles. The van der Waals surface area contributed by atoms with E-state index < -0.39 is 0 Å². The molecule has 0 saturated heterocycles. The Hall–Kier alpha value is -3.56. The molecule has 174 valence electrons. The van der Waals surface area contributed by atoms with Crippen LogP contribution in [0.2, 0.25) is 0 Å². The molecule has 4 rings (SSSR count). The number of anilines is 1. The average Bonchev–Trinajstić information content (AvgIpc) is 3.31. The maximum atomic E-state index is 13.6. The number of thiophene rings is 1. The second kappa shape index (κ2) is 10.1. The number of fused-ring (bicyclic) bond motifs is 2. The first-order valence-electron chi connectivity index (χ1n) is 10.6. The molecule has 0 radical (unpaired) electrons. The van der Waals surface area contributed by atoms with Crippen LogP contribution in [0.1, 0.15) is 44.3 Å². The number of ether oxygens (including phenoxy) is 1. The first-order chi connectivity index (χ1) is 16.4. The third-order valence-corrected chi connectivity index (χ3v) is 6.89. The Balaban J connectivity index is 1.63. The highest BCUT2D eigenvalue weighted by atomic mass is 32.1. The lowest BCUT2D eigenvalue weighted by atomic mass is 9.86. The predicted octanol–water partition coefficient (Wildman–Crippen LogP) is 3.35. The second-order valence-electron chi connectivity index (χ2n) is 7.81.